The third-order valence-electron chi connectivity index (χ3n) is 10.4. The van der Waals surface area contributed by atoms with Crippen molar-refractivity contribution < 1.29 is 23.4 Å². The van der Waals surface area contributed by atoms with Gasteiger partial charge in [-0.15, -0.1) is 0 Å². The first kappa shape index (κ1) is 36.2. The van der Waals surface area contributed by atoms with Crippen molar-refractivity contribution >= 4 is 22.7 Å². The number of piperidine rings is 2. The Bertz CT molecular complexity index is 2000. The molecule has 0 N–H and O–H groups in total. The molecule has 0 unspecified atom stereocenters. The monoisotopic (exact) mass is 719 g/mol. The van der Waals surface area contributed by atoms with Gasteiger partial charge in [-0.05, 0) is 94.0 Å². The number of amides is 1. The first-order chi connectivity index (χ1) is 25.6. The Kier molecular flexibility index (Phi) is 10.8. The van der Waals surface area contributed by atoms with E-state index in [-0.39, 0.29) is 11.9 Å². The van der Waals surface area contributed by atoms with Gasteiger partial charge >= 0.3 is 6.09 Å². The SMILES string of the molecule is Cn1nc(-c2ccc(OCc3ccccc3)nc2OCc2ccccc2)c2ccc(N3CCC(CC4CCN(C(=O)OC(C)(C)C)CC4)CC3)c(F)c21. The van der Waals surface area contributed by atoms with Gasteiger partial charge in [0.1, 0.15) is 30.0 Å². The van der Waals surface area contributed by atoms with Crippen molar-refractivity contribution in [2.45, 2.75) is 71.7 Å². The molecular weight excluding hydrogens is 670 g/mol. The summed E-state index contributed by atoms with van der Waals surface area (Å²) in [6.45, 7) is 9.51. The third kappa shape index (κ3) is 8.75. The van der Waals surface area contributed by atoms with E-state index in [0.29, 0.717) is 64.7 Å². The normalized spacial score (nSPS) is 15.9. The molecule has 278 valence electrons. The van der Waals surface area contributed by atoms with Crippen LogP contribution in [0.3, 0.4) is 0 Å². The summed E-state index contributed by atoms with van der Waals surface area (Å²) in [7, 11) is 1.79. The van der Waals surface area contributed by atoms with E-state index in [9.17, 15) is 4.79 Å². The van der Waals surface area contributed by atoms with Crippen LogP contribution >= 0.6 is 0 Å². The van der Waals surface area contributed by atoms with Crippen molar-refractivity contribution in [3.8, 4) is 23.0 Å². The Morgan fingerprint density at radius 1 is 0.792 bits per heavy atom. The summed E-state index contributed by atoms with van der Waals surface area (Å²) in [5.74, 6) is 1.75. The number of aromatic nitrogens is 3. The standard InChI is InChI=1S/C43H50FN5O4/c1-43(2,3)53-42(50)49-25-21-31(22-26-49)27-30-19-23-48(24-20-30)36-17-15-34-39(46-47(4)40(34)38(36)44)35-16-18-37(51-28-32-11-7-5-8-12-32)45-41(35)52-29-33-13-9-6-10-14-33/h5-18,30-31H,19-29H2,1-4H3. The number of hydrogen-bond acceptors (Lipinski definition) is 7. The second-order valence-electron chi connectivity index (χ2n) is 15.4. The Morgan fingerprint density at radius 3 is 2.02 bits per heavy atom. The molecule has 10 heteroatoms. The fourth-order valence-corrected chi connectivity index (χ4v) is 7.57. The molecule has 2 aliphatic rings. The maximum absolute atomic E-state index is 16.5. The minimum atomic E-state index is -0.478. The first-order valence-corrected chi connectivity index (χ1v) is 18.8. The van der Waals surface area contributed by atoms with E-state index in [1.165, 1.54) is 0 Å². The number of anilines is 1. The van der Waals surface area contributed by atoms with Gasteiger partial charge in [-0.1, -0.05) is 60.7 Å². The molecule has 0 spiro atoms. The van der Waals surface area contributed by atoms with Gasteiger partial charge in [-0.3, -0.25) is 4.68 Å². The van der Waals surface area contributed by atoms with E-state index in [4.69, 9.17) is 24.3 Å². The number of carbonyl (C=O) groups is 1. The molecule has 0 aliphatic carbocycles. The van der Waals surface area contributed by atoms with Crippen molar-refractivity contribution in [3.05, 3.63) is 102 Å². The van der Waals surface area contributed by atoms with Gasteiger partial charge in [0.05, 0.1) is 11.3 Å². The smallest absolute Gasteiger partial charge is 0.410 e. The van der Waals surface area contributed by atoms with Crippen molar-refractivity contribution in [2.75, 3.05) is 31.1 Å². The fourth-order valence-electron chi connectivity index (χ4n) is 7.57. The van der Waals surface area contributed by atoms with Crippen LogP contribution in [0.1, 0.15) is 64.0 Å². The molecule has 4 heterocycles. The van der Waals surface area contributed by atoms with Gasteiger partial charge in [-0.25, -0.2) is 9.18 Å². The van der Waals surface area contributed by atoms with E-state index < -0.39 is 5.60 Å². The number of hydrogen-bond donors (Lipinski definition) is 0. The second-order valence-corrected chi connectivity index (χ2v) is 15.4. The number of benzene rings is 3. The highest BCUT2D eigenvalue weighted by atomic mass is 19.1. The molecule has 9 nitrogen and oxygen atoms in total. The third-order valence-corrected chi connectivity index (χ3v) is 10.4. The van der Waals surface area contributed by atoms with E-state index in [1.807, 2.05) is 111 Å². The minimum Gasteiger partial charge on any atom is -0.473 e. The van der Waals surface area contributed by atoms with Crippen molar-refractivity contribution in [2.24, 2.45) is 18.9 Å². The van der Waals surface area contributed by atoms with Gasteiger partial charge in [0.15, 0.2) is 5.82 Å². The van der Waals surface area contributed by atoms with Crippen LogP contribution in [0.2, 0.25) is 0 Å². The number of pyridine rings is 1. The molecular formula is C43H50FN5O4. The molecule has 2 fully saturated rings. The number of nitrogens with zero attached hydrogens (tertiary/aromatic N) is 5. The summed E-state index contributed by atoms with van der Waals surface area (Å²) in [5.41, 5.74) is 3.90. The quantitative estimate of drug-likeness (QED) is 0.142. The molecule has 0 saturated carbocycles. The maximum Gasteiger partial charge on any atom is 0.410 e. The van der Waals surface area contributed by atoms with Gasteiger partial charge in [0, 0.05) is 44.7 Å². The van der Waals surface area contributed by atoms with Crippen molar-refractivity contribution in [1.82, 2.24) is 19.7 Å². The fraction of sp³-hybridized carbons (Fsp3) is 0.419. The second kappa shape index (κ2) is 15.9. The highest BCUT2D eigenvalue weighted by Crippen LogP contribution is 2.39. The molecule has 0 bridgehead atoms. The Labute approximate surface area is 311 Å². The predicted molar refractivity (Wildman–Crippen MR) is 206 cm³/mol. The molecule has 2 aliphatic heterocycles. The predicted octanol–water partition coefficient (Wildman–Crippen LogP) is 9.19. The lowest BCUT2D eigenvalue weighted by Gasteiger charge is -2.38. The van der Waals surface area contributed by atoms with Crippen LogP contribution in [0.4, 0.5) is 14.9 Å². The highest BCUT2D eigenvalue weighted by Gasteiger charge is 2.30. The summed E-state index contributed by atoms with van der Waals surface area (Å²) in [4.78, 5) is 21.3. The summed E-state index contributed by atoms with van der Waals surface area (Å²) < 4.78 is 36.1. The average Bonchev–Trinajstić information content (AvgIpc) is 3.50. The van der Waals surface area contributed by atoms with Crippen LogP contribution in [0.5, 0.6) is 11.8 Å². The number of halogens is 1. The Hall–Kier alpha value is -5.12. The molecule has 0 atom stereocenters. The van der Waals surface area contributed by atoms with Gasteiger partial charge in [0.25, 0.3) is 0 Å². The molecule has 1 amide bonds. The molecule has 3 aromatic carbocycles. The number of rotatable bonds is 10. The molecule has 2 saturated heterocycles. The van der Waals surface area contributed by atoms with E-state index in [2.05, 4.69) is 4.90 Å². The zero-order valence-corrected chi connectivity index (χ0v) is 31.3. The van der Waals surface area contributed by atoms with Gasteiger partial charge < -0.3 is 24.0 Å². The number of carbonyl (C=O) groups excluding carboxylic acids is 1. The number of aryl methyl sites for hydroxylation is 1. The van der Waals surface area contributed by atoms with Crippen LogP contribution in [0, 0.1) is 17.7 Å². The average molecular weight is 720 g/mol. The summed E-state index contributed by atoms with van der Waals surface area (Å²) in [6.07, 6.45) is 5.00. The minimum absolute atomic E-state index is 0.209. The van der Waals surface area contributed by atoms with Crippen LogP contribution in [-0.4, -0.2) is 57.5 Å². The Balaban J connectivity index is 1.04. The zero-order valence-electron chi connectivity index (χ0n) is 31.3. The summed E-state index contributed by atoms with van der Waals surface area (Å²) in [5, 5.41) is 5.52. The molecule has 7 rings (SSSR count). The van der Waals surface area contributed by atoms with Gasteiger partial charge in [0.2, 0.25) is 11.8 Å². The summed E-state index contributed by atoms with van der Waals surface area (Å²) in [6, 6.07) is 27.4. The first-order valence-electron chi connectivity index (χ1n) is 18.8. The zero-order chi connectivity index (χ0) is 37.0. The lowest BCUT2D eigenvalue weighted by molar-refractivity contribution is 0.0174. The number of fused-ring (bicyclic) bond motifs is 1. The van der Waals surface area contributed by atoms with E-state index in [1.54, 1.807) is 11.7 Å². The van der Waals surface area contributed by atoms with Crippen LogP contribution in [0.15, 0.2) is 84.9 Å². The van der Waals surface area contributed by atoms with E-state index >= 15 is 4.39 Å². The topological polar surface area (TPSA) is 82.0 Å². The maximum atomic E-state index is 16.5. The number of ether oxygens (including phenoxy) is 3. The summed E-state index contributed by atoms with van der Waals surface area (Å²) >= 11 is 0. The van der Waals surface area contributed by atoms with E-state index in [0.717, 1.165) is 69.4 Å². The van der Waals surface area contributed by atoms with Gasteiger partial charge in [-0.2, -0.15) is 10.1 Å². The Morgan fingerprint density at radius 2 is 1.40 bits per heavy atom. The highest BCUT2D eigenvalue weighted by molar-refractivity contribution is 5.96. The lowest BCUT2D eigenvalue weighted by Crippen LogP contribution is -2.42. The van der Waals surface area contributed by atoms with Crippen LogP contribution in [-0.2, 0) is 25.0 Å². The molecule has 0 radical (unpaired) electrons. The largest absolute Gasteiger partial charge is 0.473 e. The van der Waals surface area contributed by atoms with Crippen LogP contribution < -0.4 is 14.4 Å². The lowest BCUT2D eigenvalue weighted by atomic mass is 9.83. The molecule has 53 heavy (non-hydrogen) atoms. The van der Waals surface area contributed by atoms with Crippen LogP contribution in [0.25, 0.3) is 22.2 Å². The molecule has 2 aromatic heterocycles. The number of likely N-dealkylation sites (tertiary alicyclic amines) is 1. The molecule has 5 aromatic rings. The van der Waals surface area contributed by atoms with Crippen molar-refractivity contribution in [3.63, 3.8) is 0 Å². The van der Waals surface area contributed by atoms with Crippen molar-refractivity contribution in [1.29, 1.82) is 0 Å².